The van der Waals surface area contributed by atoms with Crippen molar-refractivity contribution in [3.8, 4) is 0 Å². The van der Waals surface area contributed by atoms with Gasteiger partial charge in [0.2, 0.25) is 0 Å². The fourth-order valence-corrected chi connectivity index (χ4v) is 2.40. The third-order valence-electron chi connectivity index (χ3n) is 3.82. The highest BCUT2D eigenvalue weighted by atomic mass is 16.1. The summed E-state index contributed by atoms with van der Waals surface area (Å²) in [6, 6.07) is 10.2. The topological polar surface area (TPSA) is 57.8 Å². The Bertz CT molecular complexity index is 819. The highest BCUT2D eigenvalue weighted by Gasteiger charge is 2.14. The molecule has 1 aromatic carbocycles. The van der Waals surface area contributed by atoms with Crippen molar-refractivity contribution < 1.29 is 4.79 Å². The molecule has 0 saturated heterocycles. The quantitative estimate of drug-likeness (QED) is 0.771. The number of fused-ring (bicyclic) bond motifs is 3. The number of H-pyrrole nitrogens is 1. The molecule has 21 heavy (non-hydrogen) atoms. The van der Waals surface area contributed by atoms with Crippen LogP contribution < -0.4 is 5.32 Å². The van der Waals surface area contributed by atoms with E-state index in [2.05, 4.69) is 21.4 Å². The van der Waals surface area contributed by atoms with E-state index in [0.29, 0.717) is 5.69 Å². The van der Waals surface area contributed by atoms with Gasteiger partial charge >= 0.3 is 0 Å². The highest BCUT2D eigenvalue weighted by Crippen LogP contribution is 2.24. The maximum absolute atomic E-state index is 12.2. The molecular weight excluding hydrogens is 262 g/mol. The maximum Gasteiger partial charge on any atom is 0.270 e. The molecule has 0 bridgehead atoms. The van der Waals surface area contributed by atoms with Gasteiger partial charge in [-0.2, -0.15) is 0 Å². The summed E-state index contributed by atoms with van der Waals surface area (Å²) in [5.41, 5.74) is 3.39. The number of rotatable bonds is 3. The largest absolute Gasteiger partial charge is 0.357 e. The van der Waals surface area contributed by atoms with E-state index >= 15 is 0 Å². The Morgan fingerprint density at radius 3 is 2.76 bits per heavy atom. The number of aromatic amines is 1. The number of nitrogens with one attached hydrogen (secondary N) is 2. The van der Waals surface area contributed by atoms with Crippen LogP contribution in [0.25, 0.3) is 21.8 Å². The number of hydrogen-bond donors (Lipinski definition) is 2. The van der Waals surface area contributed by atoms with Crippen molar-refractivity contribution >= 4 is 27.7 Å². The van der Waals surface area contributed by atoms with E-state index in [4.69, 9.17) is 0 Å². The number of benzene rings is 1. The van der Waals surface area contributed by atoms with E-state index in [-0.39, 0.29) is 11.9 Å². The first-order valence-electron chi connectivity index (χ1n) is 7.28. The number of pyridine rings is 1. The van der Waals surface area contributed by atoms with Crippen molar-refractivity contribution in [3.05, 3.63) is 41.7 Å². The van der Waals surface area contributed by atoms with Gasteiger partial charge in [-0.3, -0.25) is 4.79 Å². The van der Waals surface area contributed by atoms with Gasteiger partial charge in [0.05, 0.1) is 11.0 Å². The minimum Gasteiger partial charge on any atom is -0.357 e. The van der Waals surface area contributed by atoms with Crippen LogP contribution >= 0.6 is 0 Å². The summed E-state index contributed by atoms with van der Waals surface area (Å²) < 4.78 is 0. The minimum absolute atomic E-state index is 0.110. The number of carbonyl (C=O) groups is 1. The van der Waals surface area contributed by atoms with Crippen molar-refractivity contribution in [3.63, 3.8) is 0 Å². The van der Waals surface area contributed by atoms with E-state index in [9.17, 15) is 4.79 Å². The second-order valence-corrected chi connectivity index (χ2v) is 5.53. The zero-order chi connectivity index (χ0) is 15.0. The van der Waals surface area contributed by atoms with E-state index in [1.54, 1.807) is 0 Å². The molecule has 3 aromatic rings. The summed E-state index contributed by atoms with van der Waals surface area (Å²) in [5.74, 6) is -0.110. The molecule has 0 aliphatic carbocycles. The Morgan fingerprint density at radius 1 is 1.29 bits per heavy atom. The summed E-state index contributed by atoms with van der Waals surface area (Å²) in [5, 5.41) is 5.04. The lowest BCUT2D eigenvalue weighted by Crippen LogP contribution is -2.32. The predicted octanol–water partition coefficient (Wildman–Crippen LogP) is 3.55. The third kappa shape index (κ3) is 2.49. The fourth-order valence-electron chi connectivity index (χ4n) is 2.40. The summed E-state index contributed by atoms with van der Waals surface area (Å²) >= 11 is 0. The average Bonchev–Trinajstić information content (AvgIpc) is 2.91. The lowest BCUT2D eigenvalue weighted by Gasteiger charge is -2.09. The highest BCUT2D eigenvalue weighted by molar-refractivity contribution is 6.07. The van der Waals surface area contributed by atoms with Gasteiger partial charge in [-0.15, -0.1) is 0 Å². The van der Waals surface area contributed by atoms with Crippen LogP contribution in [0.3, 0.4) is 0 Å². The molecule has 0 fully saturated rings. The van der Waals surface area contributed by atoms with Crippen LogP contribution in [0.5, 0.6) is 0 Å². The van der Waals surface area contributed by atoms with Crippen molar-refractivity contribution in [2.24, 2.45) is 0 Å². The molecule has 0 radical (unpaired) electrons. The second-order valence-electron chi connectivity index (χ2n) is 5.53. The number of amides is 1. The Morgan fingerprint density at radius 2 is 2.00 bits per heavy atom. The molecule has 2 N–H and O–H groups in total. The zero-order valence-corrected chi connectivity index (χ0v) is 12.5. The summed E-state index contributed by atoms with van der Waals surface area (Å²) in [7, 11) is 0. The van der Waals surface area contributed by atoms with E-state index < -0.39 is 0 Å². The molecule has 1 atom stereocenters. The fraction of sp³-hybridized carbons (Fsp3) is 0.294. The van der Waals surface area contributed by atoms with Gasteiger partial charge in [0.15, 0.2) is 0 Å². The SMILES string of the molecule is CC[C@H](C)NC(=O)c1cc2ccc3ccc(C)[nH]c3c2n1. The summed E-state index contributed by atoms with van der Waals surface area (Å²) in [4.78, 5) is 20.1. The van der Waals surface area contributed by atoms with E-state index in [0.717, 1.165) is 33.9 Å². The van der Waals surface area contributed by atoms with Crippen LogP contribution in [0.1, 0.15) is 36.5 Å². The maximum atomic E-state index is 12.2. The van der Waals surface area contributed by atoms with Gasteiger partial charge in [-0.25, -0.2) is 4.98 Å². The second kappa shape index (κ2) is 5.20. The molecule has 0 unspecified atom stereocenters. The van der Waals surface area contributed by atoms with Crippen molar-refractivity contribution in [2.45, 2.75) is 33.2 Å². The standard InChI is InChI=1S/C17H19N3O/c1-4-10(2)19-17(21)14-9-13-8-7-12-6-5-11(3)18-15(12)16(13)20-14/h5-10,18H,4H2,1-3H3,(H,19,21)/t10-/m0/s1. The Balaban J connectivity index is 2.09. The van der Waals surface area contributed by atoms with E-state index in [1.807, 2.05) is 45.0 Å². The summed E-state index contributed by atoms with van der Waals surface area (Å²) in [6.45, 7) is 6.05. The van der Waals surface area contributed by atoms with Crippen LogP contribution in [0.4, 0.5) is 0 Å². The van der Waals surface area contributed by atoms with Gasteiger partial charge in [0.25, 0.3) is 5.91 Å². The van der Waals surface area contributed by atoms with Gasteiger partial charge in [-0.05, 0) is 32.4 Å². The van der Waals surface area contributed by atoms with Crippen LogP contribution in [0.15, 0.2) is 30.3 Å². The molecule has 2 heterocycles. The molecule has 0 saturated carbocycles. The lowest BCUT2D eigenvalue weighted by atomic mass is 10.1. The number of hydrogen-bond acceptors (Lipinski definition) is 2. The number of aromatic nitrogens is 2. The minimum atomic E-state index is -0.110. The first-order valence-corrected chi connectivity index (χ1v) is 7.28. The Kier molecular flexibility index (Phi) is 3.37. The first kappa shape index (κ1) is 13.6. The van der Waals surface area contributed by atoms with Gasteiger partial charge in [0.1, 0.15) is 5.69 Å². The van der Waals surface area contributed by atoms with Crippen LogP contribution in [-0.2, 0) is 0 Å². The smallest absolute Gasteiger partial charge is 0.270 e. The number of nitrogens with zero attached hydrogens (tertiary/aromatic N) is 1. The van der Waals surface area contributed by atoms with Crippen molar-refractivity contribution in [2.75, 3.05) is 0 Å². The Hall–Kier alpha value is -2.36. The monoisotopic (exact) mass is 281 g/mol. The molecular formula is C17H19N3O. The average molecular weight is 281 g/mol. The molecule has 2 aromatic heterocycles. The molecule has 0 aliphatic rings. The molecule has 1 amide bonds. The van der Waals surface area contributed by atoms with Gasteiger partial charge in [-0.1, -0.05) is 25.1 Å². The first-order chi connectivity index (χ1) is 10.1. The normalized spacial score (nSPS) is 12.7. The van der Waals surface area contributed by atoms with Crippen LogP contribution in [0.2, 0.25) is 0 Å². The number of aryl methyl sites for hydroxylation is 1. The van der Waals surface area contributed by atoms with E-state index in [1.165, 1.54) is 0 Å². The zero-order valence-electron chi connectivity index (χ0n) is 12.5. The summed E-state index contributed by atoms with van der Waals surface area (Å²) in [6.07, 6.45) is 0.905. The van der Waals surface area contributed by atoms with Crippen molar-refractivity contribution in [1.82, 2.24) is 15.3 Å². The van der Waals surface area contributed by atoms with Gasteiger partial charge in [0, 0.05) is 22.5 Å². The van der Waals surface area contributed by atoms with Crippen LogP contribution in [0, 0.1) is 6.92 Å². The molecule has 0 spiro atoms. The molecule has 4 nitrogen and oxygen atoms in total. The molecule has 108 valence electrons. The molecule has 0 aliphatic heterocycles. The Labute approximate surface area is 123 Å². The molecule has 4 heteroatoms. The van der Waals surface area contributed by atoms with Crippen LogP contribution in [-0.4, -0.2) is 21.9 Å². The third-order valence-corrected chi connectivity index (χ3v) is 3.82. The molecule has 3 rings (SSSR count). The lowest BCUT2D eigenvalue weighted by molar-refractivity contribution is 0.0935. The van der Waals surface area contributed by atoms with Crippen molar-refractivity contribution in [1.29, 1.82) is 0 Å². The van der Waals surface area contributed by atoms with Gasteiger partial charge < -0.3 is 10.3 Å². The number of carbonyl (C=O) groups excluding carboxylic acids is 1. The predicted molar refractivity (Wildman–Crippen MR) is 85.6 cm³/mol.